The van der Waals surface area contributed by atoms with Crippen LogP contribution in [0.25, 0.3) is 0 Å². The molecular formula is C17H25N3O5. The number of ether oxygens (including phenoxy) is 1. The average Bonchev–Trinajstić information content (AvgIpc) is 2.53. The highest BCUT2D eigenvalue weighted by Crippen LogP contribution is 2.28. The van der Waals surface area contributed by atoms with Gasteiger partial charge in [0.2, 0.25) is 0 Å². The van der Waals surface area contributed by atoms with Crippen molar-refractivity contribution in [2.75, 3.05) is 18.4 Å². The Balaban J connectivity index is 2.10. The minimum absolute atomic E-state index is 0.0495. The van der Waals surface area contributed by atoms with Crippen LogP contribution in [0.5, 0.6) is 0 Å². The van der Waals surface area contributed by atoms with Crippen LogP contribution in [-0.2, 0) is 11.3 Å². The SMILES string of the molecule is CC(C)(C)OC(=O)N1CCCC(Nc2cc(CO)ccc2[N+](=O)[O-])C1. The molecule has 0 spiro atoms. The van der Waals surface area contributed by atoms with E-state index in [9.17, 15) is 20.0 Å². The molecule has 2 rings (SSSR count). The Labute approximate surface area is 146 Å². The summed E-state index contributed by atoms with van der Waals surface area (Å²) < 4.78 is 5.39. The fourth-order valence-corrected chi connectivity index (χ4v) is 2.76. The molecule has 1 atom stereocenters. The molecule has 0 saturated carbocycles. The van der Waals surface area contributed by atoms with Crippen LogP contribution in [0.15, 0.2) is 18.2 Å². The fraction of sp³-hybridized carbons (Fsp3) is 0.588. The maximum absolute atomic E-state index is 12.2. The number of aliphatic hydroxyl groups is 1. The molecule has 25 heavy (non-hydrogen) atoms. The number of carbonyl (C=O) groups excluding carboxylic acids is 1. The number of nitrogens with zero attached hydrogens (tertiary/aromatic N) is 2. The third-order valence-electron chi connectivity index (χ3n) is 3.87. The van der Waals surface area contributed by atoms with Crippen molar-refractivity contribution in [1.29, 1.82) is 0 Å². The normalized spacial score (nSPS) is 17.9. The van der Waals surface area contributed by atoms with Crippen LogP contribution in [0.3, 0.4) is 0 Å². The van der Waals surface area contributed by atoms with Crippen molar-refractivity contribution >= 4 is 17.5 Å². The van der Waals surface area contributed by atoms with Crippen LogP contribution < -0.4 is 5.32 Å². The second-order valence-corrected chi connectivity index (χ2v) is 7.18. The molecule has 1 aliphatic rings. The first kappa shape index (κ1) is 19.0. The molecule has 1 heterocycles. The molecule has 1 amide bonds. The number of piperidine rings is 1. The smallest absolute Gasteiger partial charge is 0.410 e. The zero-order chi connectivity index (χ0) is 18.6. The van der Waals surface area contributed by atoms with Gasteiger partial charge in [0.25, 0.3) is 5.69 Å². The third-order valence-corrected chi connectivity index (χ3v) is 3.87. The second-order valence-electron chi connectivity index (χ2n) is 7.18. The van der Waals surface area contributed by atoms with E-state index < -0.39 is 10.5 Å². The van der Waals surface area contributed by atoms with Crippen molar-refractivity contribution in [3.63, 3.8) is 0 Å². The number of amides is 1. The molecule has 1 saturated heterocycles. The lowest BCUT2D eigenvalue weighted by Gasteiger charge is -2.34. The number of benzene rings is 1. The number of aliphatic hydroxyl groups excluding tert-OH is 1. The van der Waals surface area contributed by atoms with E-state index in [1.165, 1.54) is 12.1 Å². The first-order chi connectivity index (χ1) is 11.7. The summed E-state index contributed by atoms with van der Waals surface area (Å²) in [5.74, 6) is 0. The van der Waals surface area contributed by atoms with Crippen molar-refractivity contribution in [2.24, 2.45) is 0 Å². The van der Waals surface area contributed by atoms with Gasteiger partial charge in [0.15, 0.2) is 0 Å². The number of nitrogens with one attached hydrogen (secondary N) is 1. The van der Waals surface area contributed by atoms with Crippen molar-refractivity contribution in [3.8, 4) is 0 Å². The van der Waals surface area contributed by atoms with Crippen LogP contribution in [-0.4, -0.2) is 45.8 Å². The highest BCUT2D eigenvalue weighted by molar-refractivity contribution is 5.69. The van der Waals surface area contributed by atoms with Crippen LogP contribution in [0.1, 0.15) is 39.2 Å². The molecule has 138 valence electrons. The van der Waals surface area contributed by atoms with E-state index in [-0.39, 0.29) is 24.4 Å². The number of carbonyl (C=O) groups is 1. The van der Waals surface area contributed by atoms with Crippen molar-refractivity contribution in [2.45, 2.75) is 51.9 Å². The van der Waals surface area contributed by atoms with Gasteiger partial charge in [0.05, 0.1) is 11.5 Å². The number of rotatable bonds is 4. The van der Waals surface area contributed by atoms with Crippen LogP contribution in [0, 0.1) is 10.1 Å². The lowest BCUT2D eigenvalue weighted by molar-refractivity contribution is -0.384. The van der Waals surface area contributed by atoms with Crippen molar-refractivity contribution < 1.29 is 19.6 Å². The first-order valence-electron chi connectivity index (χ1n) is 8.32. The van der Waals surface area contributed by atoms with Gasteiger partial charge in [-0.2, -0.15) is 0 Å². The van der Waals surface area contributed by atoms with Crippen LogP contribution in [0.2, 0.25) is 0 Å². The average molecular weight is 351 g/mol. The lowest BCUT2D eigenvalue weighted by atomic mass is 10.0. The molecular weight excluding hydrogens is 326 g/mol. The van der Waals surface area contributed by atoms with E-state index in [1.807, 2.05) is 20.8 Å². The number of nitro groups is 1. The third kappa shape index (κ3) is 5.32. The highest BCUT2D eigenvalue weighted by Gasteiger charge is 2.28. The number of likely N-dealkylation sites (tertiary alicyclic amines) is 1. The highest BCUT2D eigenvalue weighted by atomic mass is 16.6. The molecule has 2 N–H and O–H groups in total. The molecule has 1 aromatic carbocycles. The lowest BCUT2D eigenvalue weighted by Crippen LogP contribution is -2.47. The quantitative estimate of drug-likeness (QED) is 0.638. The summed E-state index contributed by atoms with van der Waals surface area (Å²) in [4.78, 5) is 24.6. The van der Waals surface area contributed by atoms with Gasteiger partial charge >= 0.3 is 6.09 Å². The van der Waals surface area contributed by atoms with Gasteiger partial charge in [-0.05, 0) is 51.3 Å². The first-order valence-corrected chi connectivity index (χ1v) is 8.32. The van der Waals surface area contributed by atoms with Crippen molar-refractivity contribution in [3.05, 3.63) is 33.9 Å². The predicted octanol–water partition coefficient (Wildman–Crippen LogP) is 2.90. The summed E-state index contributed by atoms with van der Waals surface area (Å²) in [5.41, 5.74) is 0.332. The molecule has 8 nitrogen and oxygen atoms in total. The topological polar surface area (TPSA) is 105 Å². The molecule has 0 aliphatic carbocycles. The number of anilines is 1. The minimum atomic E-state index is -0.564. The van der Waals surface area contributed by atoms with Crippen LogP contribution in [0.4, 0.5) is 16.2 Å². The maximum atomic E-state index is 12.2. The summed E-state index contributed by atoms with van der Waals surface area (Å²) in [6.45, 7) is 6.26. The molecule has 1 fully saturated rings. The Bertz CT molecular complexity index is 642. The summed E-state index contributed by atoms with van der Waals surface area (Å²) in [5, 5.41) is 23.6. The summed E-state index contributed by atoms with van der Waals surface area (Å²) in [6.07, 6.45) is 1.20. The van der Waals surface area contributed by atoms with Gasteiger partial charge in [-0.25, -0.2) is 4.79 Å². The Morgan fingerprint density at radius 3 is 2.80 bits per heavy atom. The monoisotopic (exact) mass is 351 g/mol. The van der Waals surface area contributed by atoms with E-state index in [4.69, 9.17) is 4.74 Å². The summed E-state index contributed by atoms with van der Waals surface area (Å²) in [7, 11) is 0. The van der Waals surface area contributed by atoms with Crippen LogP contribution >= 0.6 is 0 Å². The Morgan fingerprint density at radius 2 is 2.20 bits per heavy atom. The minimum Gasteiger partial charge on any atom is -0.444 e. The predicted molar refractivity (Wildman–Crippen MR) is 93.5 cm³/mol. The van der Waals surface area contributed by atoms with E-state index >= 15 is 0 Å². The number of hydrogen-bond acceptors (Lipinski definition) is 6. The Morgan fingerprint density at radius 1 is 1.48 bits per heavy atom. The summed E-state index contributed by atoms with van der Waals surface area (Å²) >= 11 is 0. The Kier molecular flexibility index (Phi) is 5.84. The second kappa shape index (κ2) is 7.69. The van der Waals surface area contributed by atoms with Gasteiger partial charge in [-0.15, -0.1) is 0 Å². The molecule has 8 heteroatoms. The number of nitro benzene ring substituents is 1. The van der Waals surface area contributed by atoms with Gasteiger partial charge in [0.1, 0.15) is 11.3 Å². The van der Waals surface area contributed by atoms with Gasteiger partial charge in [0, 0.05) is 25.2 Å². The standard InChI is InChI=1S/C17H25N3O5/c1-17(2,3)25-16(22)19-8-4-5-13(10-19)18-14-9-12(11-21)6-7-15(14)20(23)24/h6-7,9,13,18,21H,4-5,8,10-11H2,1-3H3. The maximum Gasteiger partial charge on any atom is 0.410 e. The zero-order valence-corrected chi connectivity index (χ0v) is 14.8. The van der Waals surface area contributed by atoms with Crippen molar-refractivity contribution in [1.82, 2.24) is 4.90 Å². The molecule has 1 aromatic rings. The van der Waals surface area contributed by atoms with Gasteiger partial charge < -0.3 is 20.1 Å². The fourth-order valence-electron chi connectivity index (χ4n) is 2.76. The summed E-state index contributed by atoms with van der Waals surface area (Å²) in [6, 6.07) is 4.36. The molecule has 0 radical (unpaired) electrons. The van der Waals surface area contributed by atoms with E-state index in [0.717, 1.165) is 12.8 Å². The molecule has 1 unspecified atom stereocenters. The number of hydrogen-bond donors (Lipinski definition) is 2. The molecule has 1 aliphatic heterocycles. The molecule has 0 bridgehead atoms. The molecule has 0 aromatic heterocycles. The van der Waals surface area contributed by atoms with Gasteiger partial charge in [-0.1, -0.05) is 0 Å². The van der Waals surface area contributed by atoms with Gasteiger partial charge in [-0.3, -0.25) is 10.1 Å². The van der Waals surface area contributed by atoms with E-state index in [1.54, 1.807) is 11.0 Å². The van der Waals surface area contributed by atoms with E-state index in [2.05, 4.69) is 5.32 Å². The zero-order valence-electron chi connectivity index (χ0n) is 14.8. The largest absolute Gasteiger partial charge is 0.444 e. The Hall–Kier alpha value is -2.35. The van der Waals surface area contributed by atoms with E-state index in [0.29, 0.717) is 24.3 Å².